The lowest BCUT2D eigenvalue weighted by Gasteiger charge is -2.35. The number of hydrogen-bond donors (Lipinski definition) is 3. The van der Waals surface area contributed by atoms with E-state index in [1.807, 2.05) is 0 Å². The summed E-state index contributed by atoms with van der Waals surface area (Å²) in [6.45, 7) is 0. The van der Waals surface area contributed by atoms with Gasteiger partial charge in [0.05, 0.1) is 12.2 Å². The molecule has 2 aliphatic rings. The van der Waals surface area contributed by atoms with Crippen LogP contribution in [0.2, 0.25) is 0 Å². The molecule has 3 unspecified atom stereocenters. The molecule has 3 nitrogen and oxygen atoms in total. The second kappa shape index (κ2) is 2.19. The lowest BCUT2D eigenvalue weighted by molar-refractivity contribution is -0.118. The fourth-order valence-electron chi connectivity index (χ4n) is 2.03. The average molecular weight is 158 g/mol. The SMILES string of the molecule is OC1CCC2(CC2)C(O)C1O. The first kappa shape index (κ1) is 7.53. The second-order valence-electron chi connectivity index (χ2n) is 3.90. The molecule has 0 radical (unpaired) electrons. The van der Waals surface area contributed by atoms with Gasteiger partial charge in [-0.3, -0.25) is 0 Å². The van der Waals surface area contributed by atoms with E-state index in [-0.39, 0.29) is 5.41 Å². The van der Waals surface area contributed by atoms with E-state index >= 15 is 0 Å². The Labute approximate surface area is 65.7 Å². The molecule has 3 N–H and O–H groups in total. The molecule has 0 aromatic heterocycles. The minimum atomic E-state index is -0.911. The van der Waals surface area contributed by atoms with Gasteiger partial charge in [-0.1, -0.05) is 0 Å². The molecule has 0 saturated heterocycles. The molecule has 0 bridgehead atoms. The Morgan fingerprint density at radius 3 is 2.18 bits per heavy atom. The number of rotatable bonds is 0. The van der Waals surface area contributed by atoms with Gasteiger partial charge < -0.3 is 15.3 Å². The van der Waals surface area contributed by atoms with Crippen LogP contribution in [0.5, 0.6) is 0 Å². The molecular weight excluding hydrogens is 144 g/mol. The zero-order chi connectivity index (χ0) is 8.06. The highest BCUT2D eigenvalue weighted by atomic mass is 16.4. The first-order chi connectivity index (χ1) is 5.16. The van der Waals surface area contributed by atoms with Crippen molar-refractivity contribution >= 4 is 0 Å². The van der Waals surface area contributed by atoms with Crippen LogP contribution in [0, 0.1) is 5.41 Å². The Morgan fingerprint density at radius 2 is 1.64 bits per heavy atom. The van der Waals surface area contributed by atoms with Crippen molar-refractivity contribution in [3.63, 3.8) is 0 Å². The average Bonchev–Trinajstić information content (AvgIpc) is 2.76. The van der Waals surface area contributed by atoms with Crippen molar-refractivity contribution in [1.29, 1.82) is 0 Å². The van der Waals surface area contributed by atoms with Crippen LogP contribution in [-0.4, -0.2) is 33.6 Å². The van der Waals surface area contributed by atoms with E-state index in [9.17, 15) is 15.3 Å². The summed E-state index contributed by atoms with van der Waals surface area (Å²) < 4.78 is 0. The van der Waals surface area contributed by atoms with Gasteiger partial charge in [0.15, 0.2) is 0 Å². The lowest BCUT2D eigenvalue weighted by atomic mass is 9.80. The summed E-state index contributed by atoms with van der Waals surface area (Å²) in [5.41, 5.74) is -0.0152. The quantitative estimate of drug-likeness (QED) is 0.451. The summed E-state index contributed by atoms with van der Waals surface area (Å²) in [7, 11) is 0. The number of hydrogen-bond acceptors (Lipinski definition) is 3. The van der Waals surface area contributed by atoms with E-state index < -0.39 is 18.3 Å². The van der Waals surface area contributed by atoms with Crippen LogP contribution < -0.4 is 0 Å². The Morgan fingerprint density at radius 1 is 1.00 bits per heavy atom. The molecule has 0 aromatic rings. The Hall–Kier alpha value is -0.120. The van der Waals surface area contributed by atoms with Crippen LogP contribution in [0.25, 0.3) is 0 Å². The summed E-state index contributed by atoms with van der Waals surface area (Å²) in [6.07, 6.45) is 1.22. The Balaban J connectivity index is 2.09. The van der Waals surface area contributed by atoms with Crippen molar-refractivity contribution in [3.8, 4) is 0 Å². The maximum atomic E-state index is 9.53. The number of aliphatic hydroxyl groups is 3. The first-order valence-electron chi connectivity index (χ1n) is 4.20. The third kappa shape index (κ3) is 0.991. The molecule has 11 heavy (non-hydrogen) atoms. The van der Waals surface area contributed by atoms with E-state index in [0.29, 0.717) is 6.42 Å². The predicted octanol–water partition coefficient (Wildman–Crippen LogP) is -0.357. The third-order valence-electron chi connectivity index (χ3n) is 3.18. The second-order valence-corrected chi connectivity index (χ2v) is 3.90. The monoisotopic (exact) mass is 158 g/mol. The van der Waals surface area contributed by atoms with Gasteiger partial charge in [0.2, 0.25) is 0 Å². The molecule has 2 saturated carbocycles. The summed E-state index contributed by atoms with van der Waals surface area (Å²) in [5.74, 6) is 0. The van der Waals surface area contributed by atoms with Crippen LogP contribution >= 0.6 is 0 Å². The normalized spacial score (nSPS) is 47.7. The molecule has 0 amide bonds. The van der Waals surface area contributed by atoms with Gasteiger partial charge in [-0.15, -0.1) is 0 Å². The standard InChI is InChI=1S/C8H14O3/c9-5-1-2-8(3-4-8)7(11)6(5)10/h5-7,9-11H,1-4H2. The first-order valence-corrected chi connectivity index (χ1v) is 4.20. The zero-order valence-corrected chi connectivity index (χ0v) is 6.40. The van der Waals surface area contributed by atoms with Gasteiger partial charge in [0.1, 0.15) is 6.10 Å². The summed E-state index contributed by atoms with van der Waals surface area (Å²) in [4.78, 5) is 0. The smallest absolute Gasteiger partial charge is 0.106 e. The maximum absolute atomic E-state index is 9.53. The zero-order valence-electron chi connectivity index (χ0n) is 6.40. The highest BCUT2D eigenvalue weighted by Gasteiger charge is 2.55. The highest BCUT2D eigenvalue weighted by Crippen LogP contribution is 2.56. The van der Waals surface area contributed by atoms with E-state index in [1.165, 1.54) is 0 Å². The summed E-state index contributed by atoms with van der Waals surface area (Å²) in [5, 5.41) is 28.0. The molecular formula is C8H14O3. The lowest BCUT2D eigenvalue weighted by Crippen LogP contribution is -2.47. The molecule has 1 spiro atoms. The molecule has 2 fully saturated rings. The molecule has 2 aliphatic carbocycles. The van der Waals surface area contributed by atoms with E-state index in [2.05, 4.69) is 0 Å². The molecule has 64 valence electrons. The van der Waals surface area contributed by atoms with Gasteiger partial charge in [0, 0.05) is 0 Å². The molecule has 0 aromatic carbocycles. The predicted molar refractivity (Wildman–Crippen MR) is 38.9 cm³/mol. The van der Waals surface area contributed by atoms with E-state index in [0.717, 1.165) is 19.3 Å². The molecule has 3 atom stereocenters. The molecule has 2 rings (SSSR count). The molecule has 0 heterocycles. The van der Waals surface area contributed by atoms with Crippen LogP contribution in [0.3, 0.4) is 0 Å². The molecule has 3 heteroatoms. The summed E-state index contributed by atoms with van der Waals surface area (Å²) >= 11 is 0. The topological polar surface area (TPSA) is 60.7 Å². The Bertz CT molecular complexity index is 165. The minimum absolute atomic E-state index is 0.0152. The van der Waals surface area contributed by atoms with Gasteiger partial charge in [-0.2, -0.15) is 0 Å². The van der Waals surface area contributed by atoms with Crippen LogP contribution in [0.15, 0.2) is 0 Å². The van der Waals surface area contributed by atoms with Crippen molar-refractivity contribution in [1.82, 2.24) is 0 Å². The van der Waals surface area contributed by atoms with Gasteiger partial charge in [-0.25, -0.2) is 0 Å². The van der Waals surface area contributed by atoms with E-state index in [4.69, 9.17) is 0 Å². The van der Waals surface area contributed by atoms with Gasteiger partial charge in [0.25, 0.3) is 0 Å². The van der Waals surface area contributed by atoms with E-state index in [1.54, 1.807) is 0 Å². The highest BCUT2D eigenvalue weighted by molar-refractivity contribution is 5.05. The third-order valence-corrected chi connectivity index (χ3v) is 3.18. The van der Waals surface area contributed by atoms with Crippen molar-refractivity contribution in [3.05, 3.63) is 0 Å². The minimum Gasteiger partial charge on any atom is -0.390 e. The molecule has 0 aliphatic heterocycles. The van der Waals surface area contributed by atoms with Crippen LogP contribution in [-0.2, 0) is 0 Å². The van der Waals surface area contributed by atoms with Crippen molar-refractivity contribution in [2.75, 3.05) is 0 Å². The maximum Gasteiger partial charge on any atom is 0.106 e. The van der Waals surface area contributed by atoms with Gasteiger partial charge in [-0.05, 0) is 31.1 Å². The van der Waals surface area contributed by atoms with Crippen molar-refractivity contribution in [2.24, 2.45) is 5.41 Å². The Kier molecular flexibility index (Phi) is 1.50. The van der Waals surface area contributed by atoms with Crippen LogP contribution in [0.4, 0.5) is 0 Å². The fraction of sp³-hybridized carbons (Fsp3) is 1.00. The fourth-order valence-corrected chi connectivity index (χ4v) is 2.03. The summed E-state index contributed by atoms with van der Waals surface area (Å²) in [6, 6.07) is 0. The van der Waals surface area contributed by atoms with Crippen molar-refractivity contribution < 1.29 is 15.3 Å². The van der Waals surface area contributed by atoms with Crippen LogP contribution in [0.1, 0.15) is 25.7 Å². The van der Waals surface area contributed by atoms with Gasteiger partial charge >= 0.3 is 0 Å². The number of aliphatic hydroxyl groups excluding tert-OH is 3. The largest absolute Gasteiger partial charge is 0.390 e. The van der Waals surface area contributed by atoms with Crippen molar-refractivity contribution in [2.45, 2.75) is 44.0 Å².